The van der Waals surface area contributed by atoms with Gasteiger partial charge in [0, 0.05) is 6.07 Å². The number of rotatable bonds is 6. The van der Waals surface area contributed by atoms with Crippen molar-refractivity contribution in [1.82, 2.24) is 15.6 Å². The molecular weight excluding hydrogens is 424 g/mol. The van der Waals surface area contributed by atoms with E-state index >= 15 is 0 Å². The van der Waals surface area contributed by atoms with Crippen LogP contribution < -0.4 is 25.0 Å². The molecule has 0 heterocycles. The number of hydrazine groups is 1. The van der Waals surface area contributed by atoms with Crippen LogP contribution in [0.5, 0.6) is 11.5 Å². The normalized spacial score (nSPS) is 13.0. The lowest BCUT2D eigenvalue weighted by atomic mass is 10.0. The van der Waals surface area contributed by atoms with Crippen molar-refractivity contribution in [3.63, 3.8) is 0 Å². The Morgan fingerprint density at radius 3 is 1.96 bits per heavy atom. The largest absolute Gasteiger partial charge is 0.497 e. The maximum Gasteiger partial charge on any atom is 0.420 e. The van der Waals surface area contributed by atoms with E-state index in [4.69, 9.17) is 9.47 Å². The number of halogens is 6. The molecule has 28 heavy (non-hydrogen) atoms. The van der Waals surface area contributed by atoms with Crippen LogP contribution >= 0.6 is 0 Å². The first kappa shape index (κ1) is 23.6. The highest BCUT2D eigenvalue weighted by Gasteiger charge is 2.68. The number of ether oxygens (including phenoxy) is 2. The quantitative estimate of drug-likeness (QED) is 0.465. The summed E-state index contributed by atoms with van der Waals surface area (Å²) in [6.45, 7) is -0.312. The van der Waals surface area contributed by atoms with E-state index in [1.165, 1.54) is 23.4 Å². The zero-order chi connectivity index (χ0) is 22.0. The van der Waals surface area contributed by atoms with Crippen molar-refractivity contribution in [2.75, 3.05) is 14.2 Å². The number of sulfonamides is 1. The van der Waals surface area contributed by atoms with Gasteiger partial charge in [0.15, 0.2) is 0 Å². The summed E-state index contributed by atoms with van der Waals surface area (Å²) in [5.41, 5.74) is -3.39. The highest BCUT2D eigenvalue weighted by atomic mass is 32.2. The number of carbonyl (C=O) groups is 1. The molecule has 0 aromatic heterocycles. The van der Waals surface area contributed by atoms with E-state index in [1.54, 1.807) is 0 Å². The Morgan fingerprint density at radius 1 is 1.00 bits per heavy atom. The lowest BCUT2D eigenvalue weighted by Gasteiger charge is -2.34. The molecule has 8 nitrogen and oxygen atoms in total. The van der Waals surface area contributed by atoms with Gasteiger partial charge in [-0.25, -0.2) is 13.2 Å². The topological polar surface area (TPSA) is 106 Å². The lowest BCUT2D eigenvalue weighted by molar-refractivity contribution is -0.297. The summed E-state index contributed by atoms with van der Waals surface area (Å²) in [5, 5.41) is 0.666. The average molecular weight is 439 g/mol. The molecule has 0 aliphatic carbocycles. The number of benzene rings is 1. The molecule has 0 aliphatic heterocycles. The van der Waals surface area contributed by atoms with Crippen molar-refractivity contribution in [3.05, 3.63) is 18.2 Å². The van der Waals surface area contributed by atoms with Gasteiger partial charge < -0.3 is 14.8 Å². The molecule has 1 aromatic carbocycles. The molecule has 0 radical (unpaired) electrons. The monoisotopic (exact) mass is 439 g/mol. The second kappa shape index (κ2) is 7.90. The van der Waals surface area contributed by atoms with Gasteiger partial charge in [0.25, 0.3) is 10.0 Å². The van der Waals surface area contributed by atoms with Crippen LogP contribution in [0.4, 0.5) is 31.1 Å². The second-order valence-electron chi connectivity index (χ2n) is 5.32. The third-order valence-electron chi connectivity index (χ3n) is 3.46. The fraction of sp³-hybridized carbons (Fsp3) is 0.462. The van der Waals surface area contributed by atoms with Crippen LogP contribution in [0.15, 0.2) is 23.1 Å². The number of alkyl halides is 6. The van der Waals surface area contributed by atoms with Crippen LogP contribution in [0.25, 0.3) is 0 Å². The summed E-state index contributed by atoms with van der Waals surface area (Å²) in [6, 6.07) is 1.24. The molecule has 0 aliphatic rings. The number of carbonyl (C=O) groups excluding carboxylic acids is 1. The SMILES string of the molecule is COc1ccc(S(=O)(=O)NNC(=O)NC(C)(C(F)(F)F)C(F)(F)F)c(OC)c1. The van der Waals surface area contributed by atoms with Crippen LogP contribution in [-0.2, 0) is 10.0 Å². The average Bonchev–Trinajstić information content (AvgIpc) is 2.57. The van der Waals surface area contributed by atoms with Gasteiger partial charge in [-0.2, -0.15) is 26.3 Å². The zero-order valence-corrected chi connectivity index (χ0v) is 15.3. The van der Waals surface area contributed by atoms with Gasteiger partial charge in [-0.15, -0.1) is 4.83 Å². The number of amides is 2. The fourth-order valence-corrected chi connectivity index (χ4v) is 2.72. The van der Waals surface area contributed by atoms with Gasteiger partial charge in [0.1, 0.15) is 16.4 Å². The van der Waals surface area contributed by atoms with Crippen molar-refractivity contribution in [2.45, 2.75) is 29.7 Å². The molecular formula is C13H15F6N3O5S. The van der Waals surface area contributed by atoms with Crippen LogP contribution in [0.3, 0.4) is 0 Å². The highest BCUT2D eigenvalue weighted by Crippen LogP contribution is 2.42. The van der Waals surface area contributed by atoms with Crippen LogP contribution in [0.1, 0.15) is 6.92 Å². The summed E-state index contributed by atoms with van der Waals surface area (Å²) in [4.78, 5) is 12.3. The second-order valence-corrected chi connectivity index (χ2v) is 6.97. The van der Waals surface area contributed by atoms with E-state index in [0.717, 1.165) is 19.2 Å². The molecule has 1 aromatic rings. The molecule has 0 fully saturated rings. The summed E-state index contributed by atoms with van der Waals surface area (Å²) < 4.78 is 110. The van der Waals surface area contributed by atoms with Gasteiger partial charge in [-0.1, -0.05) is 0 Å². The van der Waals surface area contributed by atoms with E-state index in [9.17, 15) is 39.6 Å². The van der Waals surface area contributed by atoms with E-state index in [-0.39, 0.29) is 18.4 Å². The maximum atomic E-state index is 12.7. The minimum absolute atomic E-state index is 0.202. The van der Waals surface area contributed by atoms with Gasteiger partial charge in [0.05, 0.1) is 14.2 Å². The third kappa shape index (κ3) is 4.89. The van der Waals surface area contributed by atoms with Crippen molar-refractivity contribution in [3.8, 4) is 11.5 Å². The van der Waals surface area contributed by atoms with Crippen molar-refractivity contribution >= 4 is 16.1 Å². The third-order valence-corrected chi connectivity index (χ3v) is 4.74. The van der Waals surface area contributed by atoms with Crippen molar-refractivity contribution < 1.29 is 49.0 Å². The fourth-order valence-electron chi connectivity index (χ4n) is 1.73. The summed E-state index contributed by atoms with van der Waals surface area (Å²) >= 11 is 0. The van der Waals surface area contributed by atoms with Crippen molar-refractivity contribution in [1.29, 1.82) is 0 Å². The number of methoxy groups -OCH3 is 2. The molecule has 3 N–H and O–H groups in total. The molecule has 2 amide bonds. The predicted molar refractivity (Wildman–Crippen MR) is 82.0 cm³/mol. The van der Waals surface area contributed by atoms with E-state index < -0.39 is 38.8 Å². The minimum atomic E-state index is -5.90. The molecule has 1 rings (SSSR count). The summed E-state index contributed by atoms with van der Waals surface area (Å²) in [5.74, 6) is -0.0582. The van der Waals surface area contributed by atoms with Crippen LogP contribution in [0, 0.1) is 0 Å². The number of hydrogen-bond acceptors (Lipinski definition) is 5. The van der Waals surface area contributed by atoms with Gasteiger partial charge in [0.2, 0.25) is 5.54 Å². The molecule has 0 atom stereocenters. The van der Waals surface area contributed by atoms with E-state index in [0.29, 0.717) is 5.32 Å². The summed E-state index contributed by atoms with van der Waals surface area (Å²) in [7, 11) is -2.23. The molecule has 0 saturated carbocycles. The predicted octanol–water partition coefficient (Wildman–Crippen LogP) is 2.08. The standard InChI is InChI=1S/C13H15F6N3O5S/c1-11(12(14,15)16,13(17,18)19)20-10(23)21-22-28(24,25)9-5-4-7(26-2)6-8(9)27-3/h4-6,22H,1-3H3,(H2,20,21,23). The van der Waals surface area contributed by atoms with Crippen molar-refractivity contribution in [2.24, 2.45) is 0 Å². The Hall–Kier alpha value is -2.42. The number of hydrogen-bond donors (Lipinski definition) is 3. The zero-order valence-electron chi connectivity index (χ0n) is 14.4. The number of urea groups is 1. The molecule has 15 heteroatoms. The van der Waals surface area contributed by atoms with Gasteiger partial charge in [-0.05, 0) is 19.1 Å². The maximum absolute atomic E-state index is 12.7. The smallest absolute Gasteiger partial charge is 0.420 e. The number of nitrogens with one attached hydrogen (secondary N) is 3. The lowest BCUT2D eigenvalue weighted by Crippen LogP contribution is -2.67. The first-order chi connectivity index (χ1) is 12.6. The Balaban J connectivity index is 3.01. The van der Waals surface area contributed by atoms with E-state index in [1.807, 2.05) is 0 Å². The molecule has 0 spiro atoms. The van der Waals surface area contributed by atoms with Crippen LogP contribution in [0.2, 0.25) is 0 Å². The molecule has 0 unspecified atom stereocenters. The van der Waals surface area contributed by atoms with Gasteiger partial charge >= 0.3 is 18.4 Å². The summed E-state index contributed by atoms with van der Waals surface area (Å²) in [6.07, 6.45) is -11.8. The highest BCUT2D eigenvalue weighted by molar-refractivity contribution is 7.89. The Morgan fingerprint density at radius 2 is 1.54 bits per heavy atom. The first-order valence-corrected chi connectivity index (χ1v) is 8.53. The van der Waals surface area contributed by atoms with E-state index in [2.05, 4.69) is 0 Å². The first-order valence-electron chi connectivity index (χ1n) is 7.04. The minimum Gasteiger partial charge on any atom is -0.497 e. The molecule has 160 valence electrons. The molecule has 0 bridgehead atoms. The van der Waals surface area contributed by atoms with Gasteiger partial charge in [-0.3, -0.25) is 5.43 Å². The Kier molecular flexibility index (Phi) is 6.67. The molecule has 0 saturated heterocycles. The Labute approximate surface area is 155 Å². The Bertz CT molecular complexity index is 811. The van der Waals surface area contributed by atoms with Crippen LogP contribution in [-0.4, -0.2) is 46.6 Å².